The van der Waals surface area contributed by atoms with Crippen LogP contribution in [-0.4, -0.2) is 21.0 Å². The molecule has 0 aliphatic carbocycles. The maximum atomic E-state index is 13.1. The Balaban J connectivity index is 2.39. The van der Waals surface area contributed by atoms with Gasteiger partial charge in [-0.05, 0) is 19.1 Å². The molecule has 5 nitrogen and oxygen atoms in total. The van der Waals surface area contributed by atoms with Crippen LogP contribution in [0.15, 0.2) is 30.5 Å². The smallest absolute Gasteiger partial charge is 0.339 e. The Bertz CT molecular complexity index is 602. The highest BCUT2D eigenvalue weighted by molar-refractivity contribution is 5.90. The molecule has 1 aromatic carbocycles. The summed E-state index contributed by atoms with van der Waals surface area (Å²) in [6.07, 6.45) is 1.47. The number of benzene rings is 1. The average Bonchev–Trinajstić information content (AvgIpc) is 2.28. The molecule has 2 rings (SSSR count). The quantitative estimate of drug-likeness (QED) is 0.902. The first-order valence-corrected chi connectivity index (χ1v) is 5.06. The number of aromatic nitrogens is 2. The third-order valence-electron chi connectivity index (χ3n) is 2.14. The van der Waals surface area contributed by atoms with Crippen molar-refractivity contribution < 1.29 is 19.0 Å². The lowest BCUT2D eigenvalue weighted by Crippen LogP contribution is -2.01. The molecule has 0 unspecified atom stereocenters. The first kappa shape index (κ1) is 12.0. The molecule has 6 heteroatoms. The molecule has 18 heavy (non-hydrogen) atoms. The molecule has 0 aliphatic rings. The molecule has 0 saturated carbocycles. The predicted octanol–water partition coefficient (Wildman–Crippen LogP) is 2.41. The number of carboxylic acids is 1. The van der Waals surface area contributed by atoms with Crippen LogP contribution in [0.5, 0.6) is 11.6 Å². The minimum Gasteiger partial charge on any atom is -0.478 e. The summed E-state index contributed by atoms with van der Waals surface area (Å²) in [6.45, 7) is 1.66. The Morgan fingerprint density at radius 1 is 1.39 bits per heavy atom. The number of rotatable bonds is 3. The largest absolute Gasteiger partial charge is 0.478 e. The van der Waals surface area contributed by atoms with Gasteiger partial charge in [-0.3, -0.25) is 0 Å². The second-order valence-corrected chi connectivity index (χ2v) is 3.49. The van der Waals surface area contributed by atoms with E-state index in [4.69, 9.17) is 9.84 Å². The second kappa shape index (κ2) is 4.79. The van der Waals surface area contributed by atoms with Crippen molar-refractivity contribution in [3.63, 3.8) is 0 Å². The van der Waals surface area contributed by atoms with E-state index in [0.717, 1.165) is 18.2 Å². The van der Waals surface area contributed by atoms with Crippen LogP contribution in [0, 0.1) is 12.7 Å². The van der Waals surface area contributed by atoms with Gasteiger partial charge < -0.3 is 9.84 Å². The molecule has 2 aromatic rings. The first-order valence-electron chi connectivity index (χ1n) is 5.06. The number of aromatic carboxylic acids is 1. The van der Waals surface area contributed by atoms with E-state index in [0.29, 0.717) is 5.82 Å². The molecule has 1 aromatic heterocycles. The lowest BCUT2D eigenvalue weighted by Gasteiger charge is -2.07. The summed E-state index contributed by atoms with van der Waals surface area (Å²) in [4.78, 5) is 18.8. The molecule has 0 amide bonds. The number of aryl methyl sites for hydroxylation is 1. The van der Waals surface area contributed by atoms with Gasteiger partial charge in [0, 0.05) is 18.3 Å². The average molecular weight is 248 g/mol. The van der Waals surface area contributed by atoms with Crippen LogP contribution < -0.4 is 4.74 Å². The highest BCUT2D eigenvalue weighted by Crippen LogP contribution is 2.25. The van der Waals surface area contributed by atoms with Crippen LogP contribution in [0.2, 0.25) is 0 Å². The molecule has 0 spiro atoms. The first-order chi connectivity index (χ1) is 8.56. The van der Waals surface area contributed by atoms with Crippen molar-refractivity contribution in [2.45, 2.75) is 6.92 Å². The van der Waals surface area contributed by atoms with Gasteiger partial charge in [0.1, 0.15) is 23.0 Å². The fourth-order valence-electron chi connectivity index (χ4n) is 1.36. The predicted molar refractivity (Wildman–Crippen MR) is 60.2 cm³/mol. The monoisotopic (exact) mass is 248 g/mol. The second-order valence-electron chi connectivity index (χ2n) is 3.49. The van der Waals surface area contributed by atoms with Crippen molar-refractivity contribution in [1.82, 2.24) is 9.97 Å². The van der Waals surface area contributed by atoms with Crippen LogP contribution in [0.4, 0.5) is 4.39 Å². The zero-order valence-corrected chi connectivity index (χ0v) is 9.42. The van der Waals surface area contributed by atoms with E-state index in [1.165, 1.54) is 12.3 Å². The maximum Gasteiger partial charge on any atom is 0.339 e. The lowest BCUT2D eigenvalue weighted by molar-refractivity contribution is 0.0694. The molecule has 1 heterocycles. The third-order valence-corrected chi connectivity index (χ3v) is 2.14. The van der Waals surface area contributed by atoms with E-state index in [1.807, 2.05) is 0 Å². The fraction of sp³-hybridized carbons (Fsp3) is 0.0833. The zero-order chi connectivity index (χ0) is 13.1. The Labute approximate surface area is 102 Å². The standard InChI is InChI=1S/C12H9FN2O3/c1-7-14-5-4-11(15-7)18-10-6-8(13)2-3-9(10)12(16)17/h2-6H,1H3,(H,16,17). The van der Waals surface area contributed by atoms with Crippen LogP contribution in [-0.2, 0) is 0 Å². The Morgan fingerprint density at radius 3 is 2.83 bits per heavy atom. The van der Waals surface area contributed by atoms with Gasteiger partial charge in [-0.25, -0.2) is 14.2 Å². The van der Waals surface area contributed by atoms with Crippen molar-refractivity contribution in [2.75, 3.05) is 0 Å². The summed E-state index contributed by atoms with van der Waals surface area (Å²) < 4.78 is 18.3. The molecule has 92 valence electrons. The van der Waals surface area contributed by atoms with Gasteiger partial charge >= 0.3 is 5.97 Å². The molecular weight excluding hydrogens is 239 g/mol. The highest BCUT2D eigenvalue weighted by atomic mass is 19.1. The fourth-order valence-corrected chi connectivity index (χ4v) is 1.36. The van der Waals surface area contributed by atoms with Crippen molar-refractivity contribution >= 4 is 5.97 Å². The minimum absolute atomic E-state index is 0.0967. The van der Waals surface area contributed by atoms with Gasteiger partial charge in [0.05, 0.1) is 0 Å². The van der Waals surface area contributed by atoms with Gasteiger partial charge in [-0.1, -0.05) is 0 Å². The van der Waals surface area contributed by atoms with Gasteiger partial charge in [0.15, 0.2) is 0 Å². The molecule has 0 bridgehead atoms. The zero-order valence-electron chi connectivity index (χ0n) is 9.42. The number of halogens is 1. The Morgan fingerprint density at radius 2 is 2.17 bits per heavy atom. The van der Waals surface area contributed by atoms with E-state index in [2.05, 4.69) is 9.97 Å². The van der Waals surface area contributed by atoms with Gasteiger partial charge in [0.25, 0.3) is 0 Å². The molecule has 0 fully saturated rings. The number of hydrogen-bond acceptors (Lipinski definition) is 4. The summed E-state index contributed by atoms with van der Waals surface area (Å²) in [5.74, 6) is -1.24. The molecule has 0 saturated heterocycles. The van der Waals surface area contributed by atoms with E-state index in [1.54, 1.807) is 6.92 Å². The number of hydrogen-bond donors (Lipinski definition) is 1. The van der Waals surface area contributed by atoms with Crippen LogP contribution in [0.25, 0.3) is 0 Å². The summed E-state index contributed by atoms with van der Waals surface area (Å²) in [5.41, 5.74) is -0.132. The van der Waals surface area contributed by atoms with Crippen LogP contribution in [0.1, 0.15) is 16.2 Å². The third kappa shape index (κ3) is 2.60. The van der Waals surface area contributed by atoms with E-state index >= 15 is 0 Å². The highest BCUT2D eigenvalue weighted by Gasteiger charge is 2.13. The number of ether oxygens (including phenoxy) is 1. The topological polar surface area (TPSA) is 72.3 Å². The van der Waals surface area contributed by atoms with E-state index < -0.39 is 11.8 Å². The van der Waals surface area contributed by atoms with Crippen molar-refractivity contribution in [2.24, 2.45) is 0 Å². The number of nitrogens with zero attached hydrogens (tertiary/aromatic N) is 2. The Kier molecular flexibility index (Phi) is 3.18. The normalized spacial score (nSPS) is 10.1. The van der Waals surface area contributed by atoms with Crippen molar-refractivity contribution in [1.29, 1.82) is 0 Å². The number of carbonyl (C=O) groups is 1. The molecule has 0 radical (unpaired) electrons. The molecule has 0 aliphatic heterocycles. The Hall–Kier alpha value is -2.50. The van der Waals surface area contributed by atoms with Gasteiger partial charge in [-0.2, -0.15) is 4.98 Å². The molecule has 0 atom stereocenters. The summed E-state index contributed by atoms with van der Waals surface area (Å²) in [5, 5.41) is 8.95. The minimum atomic E-state index is -1.20. The van der Waals surface area contributed by atoms with Crippen molar-refractivity contribution in [3.05, 3.63) is 47.7 Å². The van der Waals surface area contributed by atoms with E-state index in [9.17, 15) is 9.18 Å². The molecular formula is C12H9FN2O3. The maximum absolute atomic E-state index is 13.1. The summed E-state index contributed by atoms with van der Waals surface area (Å²) in [7, 11) is 0. The van der Waals surface area contributed by atoms with Crippen LogP contribution in [0.3, 0.4) is 0 Å². The van der Waals surface area contributed by atoms with Crippen LogP contribution >= 0.6 is 0 Å². The summed E-state index contributed by atoms with van der Waals surface area (Å²) in [6, 6.07) is 4.66. The molecule has 1 N–H and O–H groups in total. The van der Waals surface area contributed by atoms with Gasteiger partial charge in [-0.15, -0.1) is 0 Å². The number of carboxylic acid groups (broad SMARTS) is 1. The van der Waals surface area contributed by atoms with E-state index in [-0.39, 0.29) is 17.2 Å². The summed E-state index contributed by atoms with van der Waals surface area (Å²) >= 11 is 0. The van der Waals surface area contributed by atoms with Crippen molar-refractivity contribution in [3.8, 4) is 11.6 Å². The SMILES string of the molecule is Cc1nccc(Oc2cc(F)ccc2C(=O)O)n1. The van der Waals surface area contributed by atoms with Gasteiger partial charge in [0.2, 0.25) is 5.88 Å². The lowest BCUT2D eigenvalue weighted by atomic mass is 10.2.